The first-order chi connectivity index (χ1) is 11.5. The summed E-state index contributed by atoms with van der Waals surface area (Å²) in [6, 6.07) is 11.9. The van der Waals surface area contributed by atoms with Crippen LogP contribution < -0.4 is 9.47 Å². The maximum atomic E-state index is 11.7. The standard InChI is InChI=1S/C18H14ClNO4/c1-23-16-8-12-13(18(21)22)7-14(10-3-5-11(19)6-4-10)20-15(12)9-17(16)24-2/h3-9H,1-2H3,(H,21,22). The number of carboxylic acid groups (broad SMARTS) is 1. The molecular formula is C18H14ClNO4. The Balaban J connectivity index is 2.30. The maximum absolute atomic E-state index is 11.7. The smallest absolute Gasteiger partial charge is 0.336 e. The van der Waals surface area contributed by atoms with E-state index in [2.05, 4.69) is 4.98 Å². The van der Waals surface area contributed by atoms with Crippen LogP contribution in [0.5, 0.6) is 11.5 Å². The number of carboxylic acids is 1. The lowest BCUT2D eigenvalue weighted by Crippen LogP contribution is -2.01. The minimum atomic E-state index is -1.04. The Kier molecular flexibility index (Phi) is 4.27. The van der Waals surface area contributed by atoms with Crippen molar-refractivity contribution < 1.29 is 19.4 Å². The number of pyridine rings is 1. The van der Waals surface area contributed by atoms with Crippen LogP contribution in [0.15, 0.2) is 42.5 Å². The van der Waals surface area contributed by atoms with Crippen molar-refractivity contribution in [3.05, 3.63) is 53.1 Å². The monoisotopic (exact) mass is 343 g/mol. The number of rotatable bonds is 4. The van der Waals surface area contributed by atoms with Gasteiger partial charge in [0.05, 0.1) is 31.0 Å². The summed E-state index contributed by atoms with van der Waals surface area (Å²) in [6.45, 7) is 0. The number of carbonyl (C=O) groups is 1. The van der Waals surface area contributed by atoms with Crippen LogP contribution in [-0.2, 0) is 0 Å². The number of fused-ring (bicyclic) bond motifs is 1. The number of methoxy groups -OCH3 is 2. The van der Waals surface area contributed by atoms with E-state index in [0.29, 0.717) is 33.1 Å². The van der Waals surface area contributed by atoms with Crippen LogP contribution in [0, 0.1) is 0 Å². The fourth-order valence-corrected chi connectivity index (χ4v) is 2.62. The van der Waals surface area contributed by atoms with Gasteiger partial charge in [-0.25, -0.2) is 9.78 Å². The maximum Gasteiger partial charge on any atom is 0.336 e. The zero-order chi connectivity index (χ0) is 17.3. The van der Waals surface area contributed by atoms with Crippen molar-refractivity contribution in [2.75, 3.05) is 14.2 Å². The lowest BCUT2D eigenvalue weighted by atomic mass is 10.0. The predicted molar refractivity (Wildman–Crippen MR) is 92.3 cm³/mol. The first-order valence-corrected chi connectivity index (χ1v) is 7.47. The van der Waals surface area contributed by atoms with E-state index in [0.717, 1.165) is 5.56 Å². The molecule has 122 valence electrons. The Morgan fingerprint density at radius 1 is 1.04 bits per heavy atom. The number of aromatic carboxylic acids is 1. The van der Waals surface area contributed by atoms with Gasteiger partial charge in [-0.2, -0.15) is 0 Å². The molecule has 6 heteroatoms. The molecule has 0 saturated heterocycles. The number of hydrogen-bond donors (Lipinski definition) is 1. The molecule has 0 amide bonds. The second kappa shape index (κ2) is 6.37. The highest BCUT2D eigenvalue weighted by atomic mass is 35.5. The highest BCUT2D eigenvalue weighted by molar-refractivity contribution is 6.30. The van der Waals surface area contributed by atoms with Gasteiger partial charge in [-0.15, -0.1) is 0 Å². The van der Waals surface area contributed by atoms with Crippen LogP contribution in [0.2, 0.25) is 5.02 Å². The summed E-state index contributed by atoms with van der Waals surface area (Å²) in [7, 11) is 3.02. The summed E-state index contributed by atoms with van der Waals surface area (Å²) in [6.07, 6.45) is 0. The normalized spacial score (nSPS) is 10.6. The fraction of sp³-hybridized carbons (Fsp3) is 0.111. The van der Waals surface area contributed by atoms with E-state index in [9.17, 15) is 9.90 Å². The Morgan fingerprint density at radius 3 is 2.25 bits per heavy atom. The van der Waals surface area contributed by atoms with Gasteiger partial charge in [-0.3, -0.25) is 0 Å². The van der Waals surface area contributed by atoms with Crippen LogP contribution in [-0.4, -0.2) is 30.3 Å². The zero-order valence-electron chi connectivity index (χ0n) is 13.0. The average Bonchev–Trinajstić information content (AvgIpc) is 2.59. The summed E-state index contributed by atoms with van der Waals surface area (Å²) in [5.41, 5.74) is 1.98. The lowest BCUT2D eigenvalue weighted by Gasteiger charge is -2.12. The van der Waals surface area contributed by atoms with E-state index in [1.807, 2.05) is 0 Å². The van der Waals surface area contributed by atoms with Crippen molar-refractivity contribution >= 4 is 28.5 Å². The van der Waals surface area contributed by atoms with Gasteiger partial charge in [0.2, 0.25) is 0 Å². The molecule has 1 N–H and O–H groups in total. The van der Waals surface area contributed by atoms with E-state index < -0.39 is 5.97 Å². The molecule has 5 nitrogen and oxygen atoms in total. The van der Waals surface area contributed by atoms with Gasteiger partial charge in [0.15, 0.2) is 11.5 Å². The van der Waals surface area contributed by atoms with Crippen LogP contribution in [0.4, 0.5) is 0 Å². The summed E-state index contributed by atoms with van der Waals surface area (Å²) in [4.78, 5) is 16.2. The third kappa shape index (κ3) is 2.86. The van der Waals surface area contributed by atoms with Gasteiger partial charge in [0.1, 0.15) is 0 Å². The number of halogens is 1. The third-order valence-corrected chi connectivity index (χ3v) is 3.94. The molecule has 0 aliphatic heterocycles. The molecule has 1 aromatic heterocycles. The van der Waals surface area contributed by atoms with Crippen LogP contribution in [0.25, 0.3) is 22.2 Å². The first kappa shape index (κ1) is 16.1. The molecule has 24 heavy (non-hydrogen) atoms. The van der Waals surface area contributed by atoms with E-state index in [1.54, 1.807) is 42.5 Å². The van der Waals surface area contributed by atoms with Crippen molar-refractivity contribution in [2.24, 2.45) is 0 Å². The second-order valence-corrected chi connectivity index (χ2v) is 5.53. The number of benzene rings is 2. The Labute approximate surface area is 143 Å². The number of ether oxygens (including phenoxy) is 2. The Hall–Kier alpha value is -2.79. The first-order valence-electron chi connectivity index (χ1n) is 7.09. The largest absolute Gasteiger partial charge is 0.493 e. The van der Waals surface area contributed by atoms with Crippen molar-refractivity contribution in [3.8, 4) is 22.8 Å². The van der Waals surface area contributed by atoms with Crippen molar-refractivity contribution in [2.45, 2.75) is 0 Å². The van der Waals surface area contributed by atoms with Crippen LogP contribution in [0.3, 0.4) is 0 Å². The molecule has 0 aliphatic rings. The summed E-state index contributed by atoms with van der Waals surface area (Å²) < 4.78 is 10.5. The van der Waals surface area contributed by atoms with Gasteiger partial charge >= 0.3 is 5.97 Å². The van der Waals surface area contributed by atoms with E-state index in [1.165, 1.54) is 14.2 Å². The minimum absolute atomic E-state index is 0.144. The van der Waals surface area contributed by atoms with Gasteiger partial charge in [0, 0.05) is 22.0 Å². The molecule has 3 aromatic rings. The molecular weight excluding hydrogens is 330 g/mol. The summed E-state index contributed by atoms with van der Waals surface area (Å²) in [5, 5.41) is 10.7. The second-order valence-electron chi connectivity index (χ2n) is 5.09. The molecule has 1 heterocycles. The Bertz CT molecular complexity index is 922. The number of nitrogens with zero attached hydrogens (tertiary/aromatic N) is 1. The molecule has 0 saturated carbocycles. The summed E-state index contributed by atoms with van der Waals surface area (Å²) >= 11 is 5.90. The van der Waals surface area contributed by atoms with Gasteiger partial charge in [0.25, 0.3) is 0 Å². The fourth-order valence-electron chi connectivity index (χ4n) is 2.50. The molecule has 0 unspecified atom stereocenters. The van der Waals surface area contributed by atoms with E-state index >= 15 is 0 Å². The third-order valence-electron chi connectivity index (χ3n) is 3.68. The number of hydrogen-bond acceptors (Lipinski definition) is 4. The van der Waals surface area contributed by atoms with Crippen molar-refractivity contribution in [1.29, 1.82) is 0 Å². The predicted octanol–water partition coefficient (Wildman–Crippen LogP) is 4.27. The quantitative estimate of drug-likeness (QED) is 0.766. The molecule has 0 spiro atoms. The number of aromatic nitrogens is 1. The van der Waals surface area contributed by atoms with Crippen molar-refractivity contribution in [1.82, 2.24) is 4.98 Å². The van der Waals surface area contributed by atoms with E-state index in [4.69, 9.17) is 21.1 Å². The zero-order valence-corrected chi connectivity index (χ0v) is 13.8. The highest BCUT2D eigenvalue weighted by Gasteiger charge is 2.16. The molecule has 0 bridgehead atoms. The molecule has 0 aliphatic carbocycles. The molecule has 0 fully saturated rings. The Morgan fingerprint density at radius 2 is 1.67 bits per heavy atom. The van der Waals surface area contributed by atoms with Crippen molar-refractivity contribution in [3.63, 3.8) is 0 Å². The van der Waals surface area contributed by atoms with Gasteiger partial charge in [-0.1, -0.05) is 23.7 Å². The molecule has 2 aromatic carbocycles. The summed E-state index contributed by atoms with van der Waals surface area (Å²) in [5.74, 6) is -0.0968. The van der Waals surface area contributed by atoms with Gasteiger partial charge < -0.3 is 14.6 Å². The van der Waals surface area contributed by atoms with E-state index in [-0.39, 0.29) is 5.56 Å². The van der Waals surface area contributed by atoms with Crippen LogP contribution in [0.1, 0.15) is 10.4 Å². The molecule has 0 atom stereocenters. The molecule has 0 radical (unpaired) electrons. The SMILES string of the molecule is COc1cc2nc(-c3ccc(Cl)cc3)cc(C(=O)O)c2cc1OC. The minimum Gasteiger partial charge on any atom is -0.493 e. The lowest BCUT2D eigenvalue weighted by molar-refractivity contribution is 0.0699. The topological polar surface area (TPSA) is 68.7 Å². The highest BCUT2D eigenvalue weighted by Crippen LogP contribution is 2.34. The van der Waals surface area contributed by atoms with Gasteiger partial charge in [-0.05, 0) is 24.3 Å². The average molecular weight is 344 g/mol. The molecule has 3 rings (SSSR count). The van der Waals surface area contributed by atoms with Crippen LogP contribution >= 0.6 is 11.6 Å².